The van der Waals surface area contributed by atoms with Crippen molar-refractivity contribution in [3.8, 4) is 5.69 Å². The van der Waals surface area contributed by atoms with Crippen molar-refractivity contribution >= 4 is 6.08 Å². The van der Waals surface area contributed by atoms with Gasteiger partial charge in [0.05, 0.1) is 29.9 Å². The molecule has 0 aliphatic heterocycles. The van der Waals surface area contributed by atoms with E-state index in [0.29, 0.717) is 5.92 Å². The Morgan fingerprint density at radius 3 is 2.82 bits per heavy atom. The number of fused-ring (bicyclic) bond motifs is 2. The van der Waals surface area contributed by atoms with E-state index in [9.17, 15) is 5.11 Å². The quantitative estimate of drug-likeness (QED) is 0.720. The van der Waals surface area contributed by atoms with Crippen LogP contribution in [0.2, 0.25) is 0 Å². The Labute approximate surface area is 165 Å². The molecule has 4 heteroatoms. The van der Waals surface area contributed by atoms with Gasteiger partial charge in [0.1, 0.15) is 0 Å². The zero-order chi connectivity index (χ0) is 19.1. The van der Waals surface area contributed by atoms with Gasteiger partial charge in [-0.15, -0.1) is 0 Å². The molecule has 3 atom stereocenters. The number of pyridine rings is 1. The topological polar surface area (TPSA) is 50.9 Å². The van der Waals surface area contributed by atoms with Crippen molar-refractivity contribution in [1.82, 2.24) is 14.8 Å². The Morgan fingerprint density at radius 2 is 2.04 bits per heavy atom. The van der Waals surface area contributed by atoms with Gasteiger partial charge < -0.3 is 5.11 Å². The van der Waals surface area contributed by atoms with E-state index in [0.717, 1.165) is 36.9 Å². The van der Waals surface area contributed by atoms with Gasteiger partial charge in [0.2, 0.25) is 0 Å². The third-order valence-corrected chi connectivity index (χ3v) is 6.73. The monoisotopic (exact) mass is 371 g/mol. The molecule has 1 N–H and O–H groups in total. The van der Waals surface area contributed by atoms with Crippen LogP contribution in [0, 0.1) is 11.3 Å². The standard InChI is InChI=1S/C24H25N3O/c1-24-14-18-15-26-27(21-8-5-11-25-16-21)22(18)12-19(24)9-10-20(24)13-23(28)17-6-3-2-4-7-17/h2-8,11-12,15-16,20,23,28H,9-10,13-14H2,1H3/t20-,23?,24+/m1/s1. The van der Waals surface area contributed by atoms with Gasteiger partial charge in [-0.1, -0.05) is 42.8 Å². The van der Waals surface area contributed by atoms with Crippen molar-refractivity contribution in [3.63, 3.8) is 0 Å². The SMILES string of the molecule is C[C@]12Cc3cnn(-c4cccnc4)c3C=C1CC[C@@H]2CC(O)c1ccccc1. The van der Waals surface area contributed by atoms with Crippen LogP contribution in [0.1, 0.15) is 49.1 Å². The fourth-order valence-electron chi connectivity index (χ4n) is 5.08. The number of hydrogen-bond acceptors (Lipinski definition) is 3. The molecule has 0 bridgehead atoms. The van der Waals surface area contributed by atoms with Gasteiger partial charge in [0, 0.05) is 6.20 Å². The third-order valence-electron chi connectivity index (χ3n) is 6.73. The average molecular weight is 371 g/mol. The van der Waals surface area contributed by atoms with E-state index < -0.39 is 6.10 Å². The van der Waals surface area contributed by atoms with E-state index in [4.69, 9.17) is 0 Å². The van der Waals surface area contributed by atoms with Crippen molar-refractivity contribution in [1.29, 1.82) is 0 Å². The highest BCUT2D eigenvalue weighted by Crippen LogP contribution is 2.55. The first-order chi connectivity index (χ1) is 13.6. The van der Waals surface area contributed by atoms with E-state index >= 15 is 0 Å². The summed E-state index contributed by atoms with van der Waals surface area (Å²) in [5.74, 6) is 0.476. The molecule has 1 saturated carbocycles. The van der Waals surface area contributed by atoms with Crippen molar-refractivity contribution < 1.29 is 5.11 Å². The number of nitrogens with zero attached hydrogens (tertiary/aromatic N) is 3. The highest BCUT2D eigenvalue weighted by atomic mass is 16.3. The summed E-state index contributed by atoms with van der Waals surface area (Å²) in [6, 6.07) is 14.0. The van der Waals surface area contributed by atoms with Crippen LogP contribution in [-0.2, 0) is 6.42 Å². The first-order valence-electron chi connectivity index (χ1n) is 10.1. The fourth-order valence-corrected chi connectivity index (χ4v) is 5.08. The predicted octanol–water partition coefficient (Wildman–Crippen LogP) is 4.75. The van der Waals surface area contributed by atoms with Gasteiger partial charge in [-0.3, -0.25) is 4.98 Å². The molecule has 0 amide bonds. The molecule has 2 aliphatic rings. The zero-order valence-electron chi connectivity index (χ0n) is 16.1. The van der Waals surface area contributed by atoms with Crippen LogP contribution in [-0.4, -0.2) is 19.9 Å². The molecular formula is C24H25N3O. The molecule has 5 rings (SSSR count). The zero-order valence-corrected chi connectivity index (χ0v) is 16.1. The first kappa shape index (κ1) is 17.4. The average Bonchev–Trinajstić information content (AvgIpc) is 3.27. The summed E-state index contributed by atoms with van der Waals surface area (Å²) >= 11 is 0. The first-order valence-corrected chi connectivity index (χ1v) is 10.1. The Morgan fingerprint density at radius 1 is 1.18 bits per heavy atom. The van der Waals surface area contributed by atoms with Crippen LogP contribution in [0.5, 0.6) is 0 Å². The van der Waals surface area contributed by atoms with Crippen LogP contribution in [0.4, 0.5) is 0 Å². The number of hydrogen-bond donors (Lipinski definition) is 1. The summed E-state index contributed by atoms with van der Waals surface area (Å²) in [4.78, 5) is 4.23. The summed E-state index contributed by atoms with van der Waals surface area (Å²) in [5.41, 5.74) is 6.09. The van der Waals surface area contributed by atoms with Gasteiger partial charge in [-0.05, 0) is 66.4 Å². The van der Waals surface area contributed by atoms with Gasteiger partial charge in [0.15, 0.2) is 0 Å². The minimum Gasteiger partial charge on any atom is -0.388 e. The van der Waals surface area contributed by atoms with Crippen LogP contribution in [0.15, 0.2) is 66.6 Å². The van der Waals surface area contributed by atoms with Crippen LogP contribution in [0.3, 0.4) is 0 Å². The maximum Gasteiger partial charge on any atom is 0.0835 e. The van der Waals surface area contributed by atoms with Crippen molar-refractivity contribution in [3.05, 3.63) is 83.4 Å². The van der Waals surface area contributed by atoms with Gasteiger partial charge >= 0.3 is 0 Å². The lowest BCUT2D eigenvalue weighted by Crippen LogP contribution is -2.30. The van der Waals surface area contributed by atoms with E-state index in [-0.39, 0.29) is 5.41 Å². The van der Waals surface area contributed by atoms with E-state index in [1.54, 1.807) is 6.20 Å². The molecule has 2 aromatic heterocycles. The number of benzene rings is 1. The van der Waals surface area contributed by atoms with Gasteiger partial charge in [-0.2, -0.15) is 5.10 Å². The second-order valence-corrected chi connectivity index (χ2v) is 8.34. The van der Waals surface area contributed by atoms with Crippen molar-refractivity contribution in [2.45, 2.75) is 38.7 Å². The Bertz CT molecular complexity index is 1010. The maximum absolute atomic E-state index is 10.8. The number of rotatable bonds is 4. The molecular weight excluding hydrogens is 346 g/mol. The molecule has 3 aromatic rings. The van der Waals surface area contributed by atoms with Gasteiger partial charge in [0.25, 0.3) is 0 Å². The second-order valence-electron chi connectivity index (χ2n) is 8.34. The summed E-state index contributed by atoms with van der Waals surface area (Å²) in [5, 5.41) is 15.4. The second kappa shape index (κ2) is 6.71. The summed E-state index contributed by atoms with van der Waals surface area (Å²) in [7, 11) is 0. The molecule has 0 radical (unpaired) electrons. The number of aliphatic hydroxyl groups is 1. The smallest absolute Gasteiger partial charge is 0.0835 e. The lowest BCUT2D eigenvalue weighted by atomic mass is 9.68. The highest BCUT2D eigenvalue weighted by molar-refractivity contribution is 5.61. The molecule has 28 heavy (non-hydrogen) atoms. The predicted molar refractivity (Wildman–Crippen MR) is 110 cm³/mol. The fraction of sp³-hybridized carbons (Fsp3) is 0.333. The van der Waals surface area contributed by atoms with Crippen LogP contribution < -0.4 is 0 Å². The molecule has 4 nitrogen and oxygen atoms in total. The van der Waals surface area contributed by atoms with E-state index in [2.05, 4.69) is 23.1 Å². The molecule has 142 valence electrons. The minimum absolute atomic E-state index is 0.103. The van der Waals surface area contributed by atoms with Gasteiger partial charge in [-0.25, -0.2) is 4.68 Å². The highest BCUT2D eigenvalue weighted by Gasteiger charge is 2.46. The normalized spacial score (nSPS) is 24.4. The summed E-state index contributed by atoms with van der Waals surface area (Å²) in [6.45, 7) is 2.37. The number of aromatic nitrogens is 3. The van der Waals surface area contributed by atoms with E-state index in [1.807, 2.05) is 59.5 Å². The molecule has 1 unspecified atom stereocenters. The summed E-state index contributed by atoms with van der Waals surface area (Å²) < 4.78 is 2.00. The minimum atomic E-state index is -0.401. The van der Waals surface area contributed by atoms with E-state index in [1.165, 1.54) is 16.8 Å². The van der Waals surface area contributed by atoms with Crippen LogP contribution in [0.25, 0.3) is 11.8 Å². The number of allylic oxidation sites excluding steroid dienone is 1. The lowest BCUT2D eigenvalue weighted by Gasteiger charge is -2.37. The molecule has 2 aliphatic carbocycles. The molecule has 0 spiro atoms. The lowest BCUT2D eigenvalue weighted by molar-refractivity contribution is 0.113. The Hall–Kier alpha value is -2.72. The van der Waals surface area contributed by atoms with Crippen LogP contribution >= 0.6 is 0 Å². The van der Waals surface area contributed by atoms with Crippen molar-refractivity contribution in [2.24, 2.45) is 11.3 Å². The molecule has 1 aromatic carbocycles. The Kier molecular flexibility index (Phi) is 4.17. The maximum atomic E-state index is 10.8. The largest absolute Gasteiger partial charge is 0.388 e. The van der Waals surface area contributed by atoms with Crippen molar-refractivity contribution in [2.75, 3.05) is 0 Å². The molecule has 2 heterocycles. The molecule has 0 saturated heterocycles. The molecule has 1 fully saturated rings. The number of aliphatic hydroxyl groups excluding tert-OH is 1. The third kappa shape index (κ3) is 2.80. The summed E-state index contributed by atoms with van der Waals surface area (Å²) in [6.07, 6.45) is 11.6. The Balaban J connectivity index is 1.43.